The van der Waals surface area contributed by atoms with Crippen molar-refractivity contribution < 1.29 is 9.53 Å². The zero-order valence-electron chi connectivity index (χ0n) is 17.2. The maximum Gasteiger partial charge on any atom is 0.348 e. The van der Waals surface area contributed by atoms with E-state index in [-0.39, 0.29) is 18.2 Å². The van der Waals surface area contributed by atoms with Crippen LogP contribution in [0.3, 0.4) is 0 Å². The molecule has 3 heterocycles. The van der Waals surface area contributed by atoms with E-state index in [9.17, 15) is 14.4 Å². The minimum atomic E-state index is -0.430. The van der Waals surface area contributed by atoms with Gasteiger partial charge >= 0.3 is 11.7 Å². The minimum absolute atomic E-state index is 0.144. The fourth-order valence-corrected chi connectivity index (χ4v) is 4.88. The quantitative estimate of drug-likeness (QED) is 0.585. The molecule has 2 aromatic heterocycles. The Morgan fingerprint density at radius 2 is 2.00 bits per heavy atom. The number of esters is 1. The van der Waals surface area contributed by atoms with Gasteiger partial charge in [-0.25, -0.2) is 9.59 Å². The van der Waals surface area contributed by atoms with Gasteiger partial charge in [-0.1, -0.05) is 37.3 Å². The second-order valence-corrected chi connectivity index (χ2v) is 8.64. The summed E-state index contributed by atoms with van der Waals surface area (Å²) < 4.78 is 8.35. The molecule has 1 fully saturated rings. The number of hydrogen-bond donors (Lipinski definition) is 0. The van der Waals surface area contributed by atoms with E-state index in [1.165, 1.54) is 9.13 Å². The summed E-state index contributed by atoms with van der Waals surface area (Å²) in [5, 5.41) is 0.365. The van der Waals surface area contributed by atoms with E-state index < -0.39 is 11.7 Å². The highest BCUT2D eigenvalue weighted by Crippen LogP contribution is 2.24. The van der Waals surface area contributed by atoms with Crippen LogP contribution in [-0.2, 0) is 18.3 Å². The van der Waals surface area contributed by atoms with E-state index in [4.69, 9.17) is 4.74 Å². The van der Waals surface area contributed by atoms with Gasteiger partial charge < -0.3 is 4.74 Å². The van der Waals surface area contributed by atoms with E-state index >= 15 is 0 Å². The Bertz CT molecular complexity index is 1180. The molecule has 0 amide bonds. The molecule has 0 aliphatic carbocycles. The number of hydrogen-bond acceptors (Lipinski definition) is 6. The largest absolute Gasteiger partial charge is 0.457 e. The molecule has 4 rings (SSSR count). The molecule has 1 atom stereocenters. The summed E-state index contributed by atoms with van der Waals surface area (Å²) in [5.41, 5.74) is 0.0785. The number of rotatable bonds is 5. The van der Waals surface area contributed by atoms with Crippen LogP contribution in [0.1, 0.15) is 35.0 Å². The van der Waals surface area contributed by atoms with Crippen molar-refractivity contribution in [2.45, 2.75) is 32.4 Å². The summed E-state index contributed by atoms with van der Waals surface area (Å²) in [6.45, 7) is 4.97. The van der Waals surface area contributed by atoms with Gasteiger partial charge in [0.1, 0.15) is 15.8 Å². The topological polar surface area (TPSA) is 73.5 Å². The maximum atomic E-state index is 13.0. The summed E-state index contributed by atoms with van der Waals surface area (Å²) in [4.78, 5) is 41.6. The van der Waals surface area contributed by atoms with Gasteiger partial charge in [-0.15, -0.1) is 11.3 Å². The van der Waals surface area contributed by atoms with Gasteiger partial charge in [0, 0.05) is 13.6 Å². The first-order valence-electron chi connectivity index (χ1n) is 10.2. The van der Waals surface area contributed by atoms with Gasteiger partial charge in [-0.3, -0.25) is 18.8 Å². The maximum absolute atomic E-state index is 13.0. The number of nitrogens with zero attached hydrogens (tertiary/aromatic N) is 3. The molecular formula is C22H25N3O4S. The van der Waals surface area contributed by atoms with Crippen molar-refractivity contribution in [1.82, 2.24) is 14.0 Å². The molecule has 1 aliphatic rings. The van der Waals surface area contributed by atoms with Gasteiger partial charge in [0.15, 0.2) is 0 Å². The third-order valence-corrected chi connectivity index (χ3v) is 6.77. The predicted molar refractivity (Wildman–Crippen MR) is 117 cm³/mol. The van der Waals surface area contributed by atoms with Crippen LogP contribution in [-0.4, -0.2) is 45.7 Å². The number of aryl methyl sites for hydroxylation is 1. The lowest BCUT2D eigenvalue weighted by Crippen LogP contribution is -2.40. The highest BCUT2D eigenvalue weighted by molar-refractivity contribution is 7.20. The monoisotopic (exact) mass is 427 g/mol. The second-order valence-electron chi connectivity index (χ2n) is 7.61. The highest BCUT2D eigenvalue weighted by atomic mass is 32.1. The Morgan fingerprint density at radius 1 is 1.23 bits per heavy atom. The zero-order chi connectivity index (χ0) is 21.3. The number of likely N-dealkylation sites (tertiary alicyclic amines) is 1. The average molecular weight is 428 g/mol. The molecule has 3 aromatic rings. The fraction of sp³-hybridized carbons (Fsp3) is 0.409. The smallest absolute Gasteiger partial charge is 0.348 e. The lowest BCUT2D eigenvalue weighted by atomic mass is 10.1. The summed E-state index contributed by atoms with van der Waals surface area (Å²) in [6, 6.07) is 10.9. The van der Waals surface area contributed by atoms with Crippen LogP contribution >= 0.6 is 11.3 Å². The van der Waals surface area contributed by atoms with Gasteiger partial charge in [-0.05, 0) is 37.6 Å². The van der Waals surface area contributed by atoms with Crippen molar-refractivity contribution >= 4 is 27.5 Å². The van der Waals surface area contributed by atoms with Crippen LogP contribution < -0.4 is 11.2 Å². The number of piperidine rings is 1. The average Bonchev–Trinajstić information content (AvgIpc) is 3.22. The molecule has 7 nitrogen and oxygen atoms in total. The van der Waals surface area contributed by atoms with Gasteiger partial charge in [0.05, 0.1) is 11.9 Å². The Morgan fingerprint density at radius 3 is 2.73 bits per heavy atom. The summed E-state index contributed by atoms with van der Waals surface area (Å²) >= 11 is 1.13. The number of thiophene rings is 1. The first-order valence-corrected chi connectivity index (χ1v) is 11.0. The Kier molecular flexibility index (Phi) is 5.87. The standard InChI is InChI=1S/C22H25N3O4S/c1-3-24-11-7-10-16(14-24)29-21(27)18-12-17-19(26)25(13-15-8-5-4-6-9-15)22(28)23(2)20(17)30-18/h4-6,8-9,12,16H,3,7,10-11,13-14H2,1-2H3. The van der Waals surface area contributed by atoms with Crippen molar-refractivity contribution in [2.75, 3.05) is 19.6 Å². The molecule has 0 N–H and O–H groups in total. The summed E-state index contributed by atoms with van der Waals surface area (Å²) in [6.07, 6.45) is 1.70. The third-order valence-electron chi connectivity index (χ3n) is 5.58. The van der Waals surface area contributed by atoms with Gasteiger partial charge in [0.2, 0.25) is 0 Å². The van der Waals surface area contributed by atoms with Crippen LogP contribution in [0.4, 0.5) is 0 Å². The van der Waals surface area contributed by atoms with E-state index in [0.717, 1.165) is 49.4 Å². The van der Waals surface area contributed by atoms with Crippen molar-refractivity contribution in [2.24, 2.45) is 7.05 Å². The van der Waals surface area contributed by atoms with Crippen molar-refractivity contribution in [3.63, 3.8) is 0 Å². The first kappa shape index (κ1) is 20.6. The number of carbonyl (C=O) groups excluding carboxylic acids is 1. The lowest BCUT2D eigenvalue weighted by Gasteiger charge is -2.31. The number of benzene rings is 1. The molecule has 0 radical (unpaired) electrons. The van der Waals surface area contributed by atoms with Crippen LogP contribution in [0.5, 0.6) is 0 Å². The van der Waals surface area contributed by atoms with Crippen LogP contribution in [0.15, 0.2) is 46.0 Å². The SMILES string of the molecule is CCN1CCCC(OC(=O)c2cc3c(=O)n(Cc4ccccc4)c(=O)n(C)c3s2)C1. The summed E-state index contributed by atoms with van der Waals surface area (Å²) in [7, 11) is 1.62. The molecule has 0 bridgehead atoms. The van der Waals surface area contributed by atoms with Crippen molar-refractivity contribution in [3.05, 3.63) is 67.7 Å². The molecule has 1 aromatic carbocycles. The minimum Gasteiger partial charge on any atom is -0.457 e. The highest BCUT2D eigenvalue weighted by Gasteiger charge is 2.25. The molecule has 30 heavy (non-hydrogen) atoms. The molecule has 8 heteroatoms. The van der Waals surface area contributed by atoms with Crippen molar-refractivity contribution in [1.29, 1.82) is 0 Å². The number of carbonyl (C=O) groups is 1. The van der Waals surface area contributed by atoms with Crippen LogP contribution in [0.2, 0.25) is 0 Å². The molecule has 1 unspecified atom stereocenters. The van der Waals surface area contributed by atoms with E-state index in [1.807, 2.05) is 30.3 Å². The summed E-state index contributed by atoms with van der Waals surface area (Å²) in [5.74, 6) is -0.430. The van der Waals surface area contributed by atoms with Crippen LogP contribution in [0, 0.1) is 0 Å². The molecule has 158 valence electrons. The van der Waals surface area contributed by atoms with Gasteiger partial charge in [-0.2, -0.15) is 0 Å². The fourth-order valence-electron chi connectivity index (χ4n) is 3.90. The van der Waals surface area contributed by atoms with E-state index in [1.54, 1.807) is 13.1 Å². The third kappa shape index (κ3) is 3.97. The normalized spacial score (nSPS) is 17.3. The number of aromatic nitrogens is 2. The zero-order valence-corrected chi connectivity index (χ0v) is 18.0. The van der Waals surface area contributed by atoms with E-state index in [2.05, 4.69) is 11.8 Å². The molecule has 0 saturated carbocycles. The Labute approximate surface area is 178 Å². The number of likely N-dealkylation sites (N-methyl/N-ethyl adjacent to an activating group) is 1. The number of fused-ring (bicyclic) bond motifs is 1. The number of ether oxygens (including phenoxy) is 1. The lowest BCUT2D eigenvalue weighted by molar-refractivity contribution is 0.00825. The van der Waals surface area contributed by atoms with Crippen molar-refractivity contribution in [3.8, 4) is 0 Å². The second kappa shape index (κ2) is 8.57. The Hall–Kier alpha value is -2.71. The molecule has 0 spiro atoms. The van der Waals surface area contributed by atoms with Gasteiger partial charge in [0.25, 0.3) is 5.56 Å². The Balaban J connectivity index is 1.64. The van der Waals surface area contributed by atoms with Crippen LogP contribution in [0.25, 0.3) is 10.2 Å². The molecule has 1 aliphatic heterocycles. The molecule has 1 saturated heterocycles. The molecular weight excluding hydrogens is 402 g/mol. The first-order chi connectivity index (χ1) is 14.5. The predicted octanol–water partition coefficient (Wildman–Crippen LogP) is 2.45. The van der Waals surface area contributed by atoms with E-state index in [0.29, 0.717) is 15.1 Å².